The van der Waals surface area contributed by atoms with Crippen LogP contribution in [-0.2, 0) is 0 Å². The van der Waals surface area contributed by atoms with Crippen molar-refractivity contribution in [2.75, 3.05) is 33.7 Å². The van der Waals surface area contributed by atoms with Crippen LogP contribution in [0.5, 0.6) is 0 Å². The molecule has 0 fully saturated rings. The van der Waals surface area contributed by atoms with E-state index in [-0.39, 0.29) is 5.38 Å². The van der Waals surface area contributed by atoms with Crippen LogP contribution in [0.1, 0.15) is 26.7 Å². The molecule has 0 radical (unpaired) electrons. The number of nitrogens with one attached hydrogen (secondary N) is 1. The van der Waals surface area contributed by atoms with Gasteiger partial charge >= 0.3 is 0 Å². The van der Waals surface area contributed by atoms with E-state index in [0.29, 0.717) is 5.92 Å². The summed E-state index contributed by atoms with van der Waals surface area (Å²) in [5.41, 5.74) is 0. The van der Waals surface area contributed by atoms with Gasteiger partial charge < -0.3 is 10.2 Å². The Balaban J connectivity index is 3.19. The molecule has 14 heavy (non-hydrogen) atoms. The highest BCUT2D eigenvalue weighted by atomic mass is 35.5. The van der Waals surface area contributed by atoms with Gasteiger partial charge in [-0.15, -0.1) is 11.6 Å². The molecule has 86 valence electrons. The predicted molar refractivity (Wildman–Crippen MR) is 65.1 cm³/mol. The summed E-state index contributed by atoms with van der Waals surface area (Å²) in [7, 11) is 4.20. The van der Waals surface area contributed by atoms with E-state index in [4.69, 9.17) is 11.6 Å². The fourth-order valence-corrected chi connectivity index (χ4v) is 1.84. The Bertz CT molecular complexity index is 126. The molecule has 0 aliphatic heterocycles. The average Bonchev–Trinajstić information content (AvgIpc) is 2.01. The maximum atomic E-state index is 6.14. The third kappa shape index (κ3) is 10.3. The van der Waals surface area contributed by atoms with Crippen molar-refractivity contribution in [1.29, 1.82) is 0 Å². The summed E-state index contributed by atoms with van der Waals surface area (Å²) in [6, 6.07) is 0. The lowest BCUT2D eigenvalue weighted by atomic mass is 10.1. The second-order valence-corrected chi connectivity index (χ2v) is 5.20. The van der Waals surface area contributed by atoms with Gasteiger partial charge in [-0.3, -0.25) is 0 Å². The summed E-state index contributed by atoms with van der Waals surface area (Å²) in [5, 5.41) is 3.67. The lowest BCUT2D eigenvalue weighted by molar-refractivity contribution is 0.393. The number of rotatable bonds is 8. The maximum absolute atomic E-state index is 6.14. The van der Waals surface area contributed by atoms with E-state index >= 15 is 0 Å². The summed E-state index contributed by atoms with van der Waals surface area (Å²) >= 11 is 6.14. The van der Waals surface area contributed by atoms with Crippen LogP contribution >= 0.6 is 11.6 Å². The third-order valence-electron chi connectivity index (χ3n) is 2.05. The number of hydrogen-bond donors (Lipinski definition) is 1. The molecule has 2 nitrogen and oxygen atoms in total. The first-order valence-corrected chi connectivity index (χ1v) is 5.95. The average molecular weight is 221 g/mol. The van der Waals surface area contributed by atoms with Crippen molar-refractivity contribution in [1.82, 2.24) is 10.2 Å². The van der Waals surface area contributed by atoms with Crippen LogP contribution < -0.4 is 5.32 Å². The maximum Gasteiger partial charge on any atom is 0.0463 e. The first-order chi connectivity index (χ1) is 6.52. The zero-order valence-electron chi connectivity index (χ0n) is 10.0. The molecule has 0 aliphatic rings. The molecule has 1 N–H and O–H groups in total. The van der Waals surface area contributed by atoms with Crippen LogP contribution in [0.15, 0.2) is 0 Å². The van der Waals surface area contributed by atoms with Gasteiger partial charge in [-0.05, 0) is 45.9 Å². The van der Waals surface area contributed by atoms with E-state index in [2.05, 4.69) is 38.2 Å². The molecule has 0 aliphatic carbocycles. The summed E-state index contributed by atoms with van der Waals surface area (Å²) in [4.78, 5) is 2.20. The van der Waals surface area contributed by atoms with Crippen molar-refractivity contribution in [3.63, 3.8) is 0 Å². The monoisotopic (exact) mass is 220 g/mol. The van der Waals surface area contributed by atoms with Crippen molar-refractivity contribution >= 4 is 11.6 Å². The standard InChI is InChI=1S/C11H25ClN2/c1-10(2)8-11(12)9-13-6-5-7-14(3)4/h10-11,13H,5-9H2,1-4H3. The summed E-state index contributed by atoms with van der Waals surface area (Å²) in [6.07, 6.45) is 2.29. The lowest BCUT2D eigenvalue weighted by Gasteiger charge is -2.14. The van der Waals surface area contributed by atoms with E-state index in [1.54, 1.807) is 0 Å². The quantitative estimate of drug-likeness (QED) is 0.499. The fraction of sp³-hybridized carbons (Fsp3) is 1.00. The highest BCUT2D eigenvalue weighted by Crippen LogP contribution is 2.09. The van der Waals surface area contributed by atoms with Crippen molar-refractivity contribution in [2.24, 2.45) is 5.92 Å². The molecule has 3 heteroatoms. The molecule has 1 atom stereocenters. The van der Waals surface area contributed by atoms with Gasteiger partial charge in [0.25, 0.3) is 0 Å². The highest BCUT2D eigenvalue weighted by molar-refractivity contribution is 6.20. The molecule has 0 heterocycles. The number of nitrogens with zero attached hydrogens (tertiary/aromatic N) is 1. The van der Waals surface area contributed by atoms with Crippen LogP contribution in [0.3, 0.4) is 0 Å². The molecule has 0 aromatic carbocycles. The summed E-state index contributed by atoms with van der Waals surface area (Å²) < 4.78 is 0. The zero-order chi connectivity index (χ0) is 11.0. The Morgan fingerprint density at radius 1 is 1.29 bits per heavy atom. The Kier molecular flexibility index (Phi) is 8.64. The molecule has 0 amide bonds. The Morgan fingerprint density at radius 2 is 1.93 bits per heavy atom. The topological polar surface area (TPSA) is 15.3 Å². The molecule has 0 saturated heterocycles. The predicted octanol–water partition coefficient (Wildman–Crippen LogP) is 2.18. The van der Waals surface area contributed by atoms with E-state index in [9.17, 15) is 0 Å². The van der Waals surface area contributed by atoms with Gasteiger partial charge in [-0.25, -0.2) is 0 Å². The molecule has 0 saturated carbocycles. The lowest BCUT2D eigenvalue weighted by Crippen LogP contribution is -2.27. The molecule has 1 unspecified atom stereocenters. The van der Waals surface area contributed by atoms with Crippen molar-refractivity contribution < 1.29 is 0 Å². The van der Waals surface area contributed by atoms with E-state index < -0.39 is 0 Å². The van der Waals surface area contributed by atoms with Crippen LogP contribution in [0, 0.1) is 5.92 Å². The molecule has 0 rings (SSSR count). The largest absolute Gasteiger partial charge is 0.315 e. The number of hydrogen-bond acceptors (Lipinski definition) is 2. The Labute approximate surface area is 94.0 Å². The van der Waals surface area contributed by atoms with Crippen LogP contribution in [0.25, 0.3) is 0 Å². The van der Waals surface area contributed by atoms with Crippen LogP contribution in [-0.4, -0.2) is 44.0 Å². The second kappa shape index (κ2) is 8.51. The number of halogens is 1. The Morgan fingerprint density at radius 3 is 2.43 bits per heavy atom. The zero-order valence-corrected chi connectivity index (χ0v) is 10.8. The smallest absolute Gasteiger partial charge is 0.0463 e. The van der Waals surface area contributed by atoms with E-state index in [0.717, 1.165) is 26.1 Å². The molecule has 0 spiro atoms. The third-order valence-corrected chi connectivity index (χ3v) is 2.38. The summed E-state index contributed by atoms with van der Waals surface area (Å²) in [5.74, 6) is 0.695. The van der Waals surface area contributed by atoms with Crippen LogP contribution in [0.4, 0.5) is 0 Å². The first kappa shape index (κ1) is 14.2. The minimum Gasteiger partial charge on any atom is -0.315 e. The minimum absolute atomic E-state index is 0.286. The molecular weight excluding hydrogens is 196 g/mol. The second-order valence-electron chi connectivity index (χ2n) is 4.59. The molecule has 0 bridgehead atoms. The van der Waals surface area contributed by atoms with Gasteiger partial charge in [-0.2, -0.15) is 0 Å². The van der Waals surface area contributed by atoms with Gasteiger partial charge in [-0.1, -0.05) is 13.8 Å². The van der Waals surface area contributed by atoms with Crippen LogP contribution in [0.2, 0.25) is 0 Å². The van der Waals surface area contributed by atoms with Gasteiger partial charge in [0.05, 0.1) is 0 Å². The number of alkyl halides is 1. The van der Waals surface area contributed by atoms with Gasteiger partial charge in [0.1, 0.15) is 0 Å². The van der Waals surface area contributed by atoms with Crippen molar-refractivity contribution in [3.05, 3.63) is 0 Å². The molecular formula is C11H25ClN2. The van der Waals surface area contributed by atoms with Gasteiger partial charge in [0.15, 0.2) is 0 Å². The molecule has 0 aromatic heterocycles. The van der Waals surface area contributed by atoms with Gasteiger partial charge in [0.2, 0.25) is 0 Å². The van der Waals surface area contributed by atoms with Crippen molar-refractivity contribution in [3.8, 4) is 0 Å². The molecule has 0 aromatic rings. The van der Waals surface area contributed by atoms with Gasteiger partial charge in [0, 0.05) is 11.9 Å². The first-order valence-electron chi connectivity index (χ1n) is 5.52. The summed E-state index contributed by atoms with van der Waals surface area (Å²) in [6.45, 7) is 7.57. The van der Waals surface area contributed by atoms with E-state index in [1.165, 1.54) is 6.42 Å². The minimum atomic E-state index is 0.286. The highest BCUT2D eigenvalue weighted by Gasteiger charge is 2.05. The van der Waals surface area contributed by atoms with Crippen molar-refractivity contribution in [2.45, 2.75) is 32.1 Å². The van der Waals surface area contributed by atoms with E-state index in [1.807, 2.05) is 0 Å². The SMILES string of the molecule is CC(C)CC(Cl)CNCCCN(C)C. The fourth-order valence-electron chi connectivity index (χ4n) is 1.37. The Hall–Kier alpha value is 0.210. The normalized spacial score (nSPS) is 13.9.